The van der Waals surface area contributed by atoms with Crippen molar-refractivity contribution in [1.82, 2.24) is 0 Å². The normalized spacial score (nSPS) is 12.3. The molecule has 0 spiro atoms. The minimum atomic E-state index is -3.65. The molecule has 0 N–H and O–H groups in total. The molecule has 6 nitrogen and oxygen atoms in total. The van der Waals surface area contributed by atoms with Crippen LogP contribution in [0.5, 0.6) is 11.5 Å². The molecule has 0 amide bonds. The van der Waals surface area contributed by atoms with Gasteiger partial charge in [0.15, 0.2) is 11.5 Å². The molecule has 0 unspecified atom stereocenters. The molecule has 1 rings (SSSR count). The van der Waals surface area contributed by atoms with Crippen molar-refractivity contribution in [2.75, 3.05) is 27.6 Å². The molecule has 1 aromatic rings. The highest BCUT2D eigenvalue weighted by molar-refractivity contribution is 7.86. The molecule has 0 bridgehead atoms. The fourth-order valence-electron chi connectivity index (χ4n) is 1.53. The zero-order valence-corrected chi connectivity index (χ0v) is 12.4. The first kappa shape index (κ1) is 15.7. The zero-order chi connectivity index (χ0) is 14.7. The van der Waals surface area contributed by atoms with Gasteiger partial charge in [0.05, 0.1) is 18.9 Å². The fraction of sp³-hybridized carbons (Fsp3) is 0.500. The minimum absolute atomic E-state index is 0.134. The molecular weight excluding hydrogens is 272 g/mol. The number of rotatable bonds is 6. The second-order valence-corrected chi connectivity index (χ2v) is 5.58. The van der Waals surface area contributed by atoms with Gasteiger partial charge in [0.2, 0.25) is 0 Å². The van der Waals surface area contributed by atoms with Crippen LogP contribution in [0.1, 0.15) is 12.5 Å². The van der Waals surface area contributed by atoms with Gasteiger partial charge in [-0.25, -0.2) is 0 Å². The Labute approximate surface area is 113 Å². The van der Waals surface area contributed by atoms with Crippen molar-refractivity contribution in [3.05, 3.63) is 23.8 Å². The van der Waals surface area contributed by atoms with E-state index in [4.69, 9.17) is 18.4 Å². The van der Waals surface area contributed by atoms with Crippen LogP contribution in [0, 0.1) is 0 Å². The molecular formula is C12H18O6S. The monoisotopic (exact) mass is 290 g/mol. The summed E-state index contributed by atoms with van der Waals surface area (Å²) in [5, 5.41) is 0. The average molecular weight is 290 g/mol. The maximum atomic E-state index is 11.3. The van der Waals surface area contributed by atoms with Gasteiger partial charge < -0.3 is 18.4 Å². The van der Waals surface area contributed by atoms with Crippen LogP contribution in [0.25, 0.3) is 0 Å². The molecule has 0 saturated heterocycles. The van der Waals surface area contributed by atoms with Crippen LogP contribution < -0.4 is 8.92 Å². The highest BCUT2D eigenvalue weighted by Crippen LogP contribution is 2.36. The first-order valence-corrected chi connectivity index (χ1v) is 7.25. The van der Waals surface area contributed by atoms with Crippen molar-refractivity contribution < 1.29 is 26.8 Å². The summed E-state index contributed by atoms with van der Waals surface area (Å²) in [6.07, 6.45) is 0.970. The quantitative estimate of drug-likeness (QED) is 0.584. The number of hydrogen-bond acceptors (Lipinski definition) is 6. The molecule has 7 heteroatoms. The van der Waals surface area contributed by atoms with E-state index in [1.165, 1.54) is 27.4 Å². The fourth-order valence-corrected chi connectivity index (χ4v) is 2.00. The maximum Gasteiger partial charge on any atom is 0.306 e. The van der Waals surface area contributed by atoms with E-state index >= 15 is 0 Å². The lowest BCUT2D eigenvalue weighted by Gasteiger charge is -2.28. The maximum absolute atomic E-state index is 11.3. The summed E-state index contributed by atoms with van der Waals surface area (Å²) in [4.78, 5) is 0. The van der Waals surface area contributed by atoms with Gasteiger partial charge in [0.25, 0.3) is 0 Å². The van der Waals surface area contributed by atoms with Crippen LogP contribution in [-0.4, -0.2) is 36.0 Å². The van der Waals surface area contributed by atoms with Crippen molar-refractivity contribution in [2.45, 2.75) is 12.7 Å². The lowest BCUT2D eigenvalue weighted by atomic mass is 10.1. The van der Waals surface area contributed by atoms with E-state index in [-0.39, 0.29) is 5.75 Å². The molecule has 19 heavy (non-hydrogen) atoms. The number of methoxy groups -OCH3 is 3. The van der Waals surface area contributed by atoms with Crippen LogP contribution in [0.15, 0.2) is 18.2 Å². The second kappa shape index (κ2) is 5.77. The van der Waals surface area contributed by atoms with Crippen LogP contribution in [0.2, 0.25) is 0 Å². The summed E-state index contributed by atoms with van der Waals surface area (Å²) in [6, 6.07) is 4.69. The van der Waals surface area contributed by atoms with Crippen LogP contribution in [0.3, 0.4) is 0 Å². The van der Waals surface area contributed by atoms with Gasteiger partial charge in [-0.2, -0.15) is 8.42 Å². The number of benzene rings is 1. The summed E-state index contributed by atoms with van der Waals surface area (Å²) < 4.78 is 43.1. The first-order valence-electron chi connectivity index (χ1n) is 5.44. The van der Waals surface area contributed by atoms with Gasteiger partial charge >= 0.3 is 10.1 Å². The van der Waals surface area contributed by atoms with Gasteiger partial charge in [-0.1, -0.05) is 0 Å². The van der Waals surface area contributed by atoms with Gasteiger partial charge in [0.1, 0.15) is 5.75 Å². The Morgan fingerprint density at radius 3 is 2.11 bits per heavy atom. The predicted octanol–water partition coefficient (Wildman–Crippen LogP) is 1.50. The molecule has 1 aromatic carbocycles. The van der Waals surface area contributed by atoms with Gasteiger partial charge in [-0.05, 0) is 25.1 Å². The van der Waals surface area contributed by atoms with E-state index in [1.54, 1.807) is 19.1 Å². The Morgan fingerprint density at radius 1 is 1.11 bits per heavy atom. The molecule has 0 atom stereocenters. The molecule has 0 radical (unpaired) electrons. The minimum Gasteiger partial charge on any atom is -0.497 e. The summed E-state index contributed by atoms with van der Waals surface area (Å²) in [5.41, 5.74) is 0.419. The van der Waals surface area contributed by atoms with Gasteiger partial charge in [0, 0.05) is 14.2 Å². The van der Waals surface area contributed by atoms with E-state index < -0.39 is 15.9 Å². The third-order valence-electron chi connectivity index (χ3n) is 2.70. The van der Waals surface area contributed by atoms with Crippen molar-refractivity contribution >= 4 is 10.1 Å². The molecule has 0 aliphatic rings. The standard InChI is InChI=1S/C12H18O6S/c1-12(16-3,17-4)10-8-9(15-2)6-7-11(10)18-19(5,13)14/h6-8H,1-5H3. The molecule has 0 aliphatic heterocycles. The van der Waals surface area contributed by atoms with Crippen LogP contribution in [0.4, 0.5) is 0 Å². The second-order valence-electron chi connectivity index (χ2n) is 4.00. The van der Waals surface area contributed by atoms with E-state index in [0.717, 1.165) is 6.26 Å². The number of ether oxygens (including phenoxy) is 3. The van der Waals surface area contributed by atoms with E-state index in [2.05, 4.69) is 0 Å². The third kappa shape index (κ3) is 3.82. The topological polar surface area (TPSA) is 71.1 Å². The van der Waals surface area contributed by atoms with Crippen LogP contribution >= 0.6 is 0 Å². The lowest BCUT2D eigenvalue weighted by Crippen LogP contribution is -2.28. The summed E-state index contributed by atoms with van der Waals surface area (Å²) in [7, 11) is 0.762. The van der Waals surface area contributed by atoms with Crippen molar-refractivity contribution in [3.8, 4) is 11.5 Å². The first-order chi connectivity index (χ1) is 8.75. The molecule has 0 fully saturated rings. The van der Waals surface area contributed by atoms with Crippen molar-refractivity contribution in [3.63, 3.8) is 0 Å². The summed E-state index contributed by atoms with van der Waals surface area (Å²) >= 11 is 0. The SMILES string of the molecule is COc1ccc(OS(C)(=O)=O)c(C(C)(OC)OC)c1. The molecule has 0 saturated carbocycles. The summed E-state index contributed by atoms with van der Waals surface area (Å²) in [6.45, 7) is 1.65. The third-order valence-corrected chi connectivity index (χ3v) is 3.18. The highest BCUT2D eigenvalue weighted by Gasteiger charge is 2.31. The largest absolute Gasteiger partial charge is 0.497 e. The lowest BCUT2D eigenvalue weighted by molar-refractivity contribution is -0.202. The van der Waals surface area contributed by atoms with Gasteiger partial charge in [-0.3, -0.25) is 0 Å². The Kier molecular flexibility index (Phi) is 4.78. The van der Waals surface area contributed by atoms with E-state index in [9.17, 15) is 8.42 Å². The molecule has 0 aliphatic carbocycles. The predicted molar refractivity (Wildman–Crippen MR) is 69.8 cm³/mol. The zero-order valence-electron chi connectivity index (χ0n) is 11.6. The Hall–Kier alpha value is -1.31. The van der Waals surface area contributed by atoms with E-state index in [1.807, 2.05) is 0 Å². The summed E-state index contributed by atoms with van der Waals surface area (Å²) in [5.74, 6) is -0.472. The molecule has 108 valence electrons. The Balaban J connectivity index is 3.39. The van der Waals surface area contributed by atoms with Crippen molar-refractivity contribution in [2.24, 2.45) is 0 Å². The average Bonchev–Trinajstić information content (AvgIpc) is 2.36. The molecule has 0 aromatic heterocycles. The van der Waals surface area contributed by atoms with E-state index in [0.29, 0.717) is 11.3 Å². The van der Waals surface area contributed by atoms with Crippen molar-refractivity contribution in [1.29, 1.82) is 0 Å². The Morgan fingerprint density at radius 2 is 1.68 bits per heavy atom. The Bertz CT molecular complexity index is 533. The van der Waals surface area contributed by atoms with Gasteiger partial charge in [-0.15, -0.1) is 0 Å². The molecule has 0 heterocycles. The number of hydrogen-bond donors (Lipinski definition) is 0. The smallest absolute Gasteiger partial charge is 0.306 e. The van der Waals surface area contributed by atoms with Crippen LogP contribution in [-0.2, 0) is 25.4 Å². The highest BCUT2D eigenvalue weighted by atomic mass is 32.2.